The largest absolute Gasteiger partial charge is 0.508 e. The van der Waals surface area contributed by atoms with Crippen LogP contribution in [0.3, 0.4) is 0 Å². The van der Waals surface area contributed by atoms with Crippen molar-refractivity contribution in [2.24, 2.45) is 5.41 Å². The number of aromatic hydroxyl groups is 1. The fraction of sp³-hybridized carbons (Fsp3) is 0.471. The second kappa shape index (κ2) is 11.4. The first-order chi connectivity index (χ1) is 21.2. The van der Waals surface area contributed by atoms with Crippen molar-refractivity contribution in [1.82, 2.24) is 20.2 Å². The number of benzene rings is 3. The Morgan fingerprint density at radius 3 is 2.64 bits per heavy atom. The highest BCUT2D eigenvalue weighted by atomic mass is 19.1. The molecule has 2 N–H and O–H groups in total. The van der Waals surface area contributed by atoms with Crippen molar-refractivity contribution in [2.75, 3.05) is 44.2 Å². The molecule has 0 bridgehead atoms. The lowest BCUT2D eigenvalue weighted by atomic mass is 9.95. The third kappa shape index (κ3) is 5.54. The van der Waals surface area contributed by atoms with Gasteiger partial charge in [0.25, 0.3) is 0 Å². The molecule has 3 aromatic carbocycles. The monoisotopic (exact) mass is 605 g/mol. The third-order valence-corrected chi connectivity index (χ3v) is 9.44. The summed E-state index contributed by atoms with van der Waals surface area (Å²) in [5.41, 5.74) is -0.144. The first kappa shape index (κ1) is 29.1. The second-order valence-corrected chi connectivity index (χ2v) is 13.0. The number of halogens is 3. The Labute approximate surface area is 255 Å². The summed E-state index contributed by atoms with van der Waals surface area (Å²) in [6, 6.07) is 11.8. The van der Waals surface area contributed by atoms with E-state index in [1.54, 1.807) is 24.3 Å². The predicted octanol–water partition coefficient (Wildman–Crippen LogP) is 6.21. The van der Waals surface area contributed by atoms with Crippen molar-refractivity contribution in [3.05, 3.63) is 54.1 Å². The van der Waals surface area contributed by atoms with Crippen LogP contribution in [0.5, 0.6) is 11.8 Å². The zero-order chi connectivity index (χ0) is 30.6. The lowest BCUT2D eigenvalue weighted by Crippen LogP contribution is -2.55. The molecular formula is C34H38F3N5O2. The van der Waals surface area contributed by atoms with Crippen LogP contribution in [0.4, 0.5) is 19.0 Å². The number of alkyl halides is 1. The highest BCUT2D eigenvalue weighted by molar-refractivity contribution is 6.01. The molecule has 0 amide bonds. The van der Waals surface area contributed by atoms with E-state index in [1.807, 2.05) is 6.07 Å². The summed E-state index contributed by atoms with van der Waals surface area (Å²) in [5, 5.41) is 15.6. The summed E-state index contributed by atoms with van der Waals surface area (Å²) >= 11 is 0. The van der Waals surface area contributed by atoms with Gasteiger partial charge in [-0.15, -0.1) is 0 Å². The number of hydrogen-bond donors (Lipinski definition) is 2. The van der Waals surface area contributed by atoms with Gasteiger partial charge in [-0.05, 0) is 67.1 Å². The van der Waals surface area contributed by atoms with Crippen LogP contribution in [0.25, 0.3) is 32.8 Å². The molecule has 3 aliphatic rings. The minimum Gasteiger partial charge on any atom is -0.508 e. The molecule has 4 aromatic rings. The molecular weight excluding hydrogens is 567 g/mol. The maximum Gasteiger partial charge on any atom is 0.319 e. The van der Waals surface area contributed by atoms with Crippen LogP contribution in [0.2, 0.25) is 0 Å². The van der Waals surface area contributed by atoms with Crippen LogP contribution in [-0.4, -0.2) is 77.6 Å². The van der Waals surface area contributed by atoms with Crippen LogP contribution >= 0.6 is 0 Å². The highest BCUT2D eigenvalue weighted by Gasteiger charge is 2.46. The fourth-order valence-electron chi connectivity index (χ4n) is 6.96. The number of nitrogens with zero attached hydrogens (tertiary/aromatic N) is 4. The Balaban J connectivity index is 1.32. The number of hydrogen-bond acceptors (Lipinski definition) is 7. The fourth-order valence-corrected chi connectivity index (χ4v) is 6.96. The molecule has 2 saturated heterocycles. The molecule has 232 valence electrons. The number of rotatable bonds is 8. The lowest BCUT2D eigenvalue weighted by Gasteiger charge is -2.38. The van der Waals surface area contributed by atoms with Crippen molar-refractivity contribution in [3.63, 3.8) is 0 Å². The van der Waals surface area contributed by atoms with Crippen molar-refractivity contribution in [1.29, 1.82) is 0 Å². The molecule has 0 spiro atoms. The molecule has 1 saturated carbocycles. The summed E-state index contributed by atoms with van der Waals surface area (Å²) in [4.78, 5) is 13.5. The van der Waals surface area contributed by atoms with E-state index in [-0.39, 0.29) is 51.3 Å². The molecule has 10 heteroatoms. The minimum atomic E-state index is -0.827. The van der Waals surface area contributed by atoms with Crippen molar-refractivity contribution in [3.8, 4) is 22.9 Å². The average molecular weight is 606 g/mol. The zero-order valence-electron chi connectivity index (χ0n) is 25.1. The quantitative estimate of drug-likeness (QED) is 0.247. The lowest BCUT2D eigenvalue weighted by molar-refractivity contribution is 0.165. The van der Waals surface area contributed by atoms with Gasteiger partial charge in [0.15, 0.2) is 5.82 Å². The minimum absolute atomic E-state index is 0.0299. The van der Waals surface area contributed by atoms with Gasteiger partial charge in [-0.1, -0.05) is 31.2 Å². The first-order valence-corrected chi connectivity index (χ1v) is 15.6. The van der Waals surface area contributed by atoms with E-state index in [4.69, 9.17) is 9.72 Å². The Morgan fingerprint density at radius 2 is 1.89 bits per heavy atom. The Morgan fingerprint density at radius 1 is 1.07 bits per heavy atom. The number of ether oxygens (including phenoxy) is 1. The Hall–Kier alpha value is -3.63. The molecule has 44 heavy (non-hydrogen) atoms. The van der Waals surface area contributed by atoms with E-state index in [0.29, 0.717) is 49.3 Å². The van der Waals surface area contributed by atoms with Gasteiger partial charge in [-0.2, -0.15) is 9.97 Å². The number of nitrogens with one attached hydrogen (secondary N) is 1. The molecule has 3 heterocycles. The van der Waals surface area contributed by atoms with Crippen molar-refractivity contribution < 1.29 is 23.0 Å². The maximum atomic E-state index is 16.7. The normalized spacial score (nSPS) is 23.5. The smallest absolute Gasteiger partial charge is 0.319 e. The molecule has 7 rings (SSSR count). The average Bonchev–Trinajstić information content (AvgIpc) is 3.65. The number of phenolic OH excluding ortho intramolecular Hbond substituents is 1. The summed E-state index contributed by atoms with van der Waals surface area (Å²) < 4.78 is 52.8. The summed E-state index contributed by atoms with van der Waals surface area (Å²) in [7, 11) is 0. The zero-order valence-corrected chi connectivity index (χ0v) is 25.1. The van der Waals surface area contributed by atoms with Crippen molar-refractivity contribution in [2.45, 2.75) is 57.8 Å². The molecule has 1 aliphatic carbocycles. The van der Waals surface area contributed by atoms with Crippen LogP contribution in [0.1, 0.15) is 39.5 Å². The van der Waals surface area contributed by atoms with Gasteiger partial charge in [0.05, 0.1) is 12.2 Å². The number of piperazine rings is 1. The number of aromatic nitrogens is 2. The van der Waals surface area contributed by atoms with E-state index >= 15 is 8.78 Å². The van der Waals surface area contributed by atoms with Gasteiger partial charge in [0.1, 0.15) is 29.1 Å². The maximum absolute atomic E-state index is 16.7. The number of fused-ring (bicyclic) bond motifs is 2. The molecule has 3 fully saturated rings. The van der Waals surface area contributed by atoms with E-state index in [9.17, 15) is 9.50 Å². The van der Waals surface area contributed by atoms with Gasteiger partial charge >= 0.3 is 6.01 Å². The first-order valence-electron chi connectivity index (χ1n) is 15.6. The van der Waals surface area contributed by atoms with Gasteiger partial charge < -0.3 is 20.1 Å². The number of likely N-dealkylation sites (tertiary alicyclic amines) is 1. The number of anilines is 1. The second-order valence-electron chi connectivity index (χ2n) is 13.0. The topological polar surface area (TPSA) is 73.8 Å². The van der Waals surface area contributed by atoms with E-state index in [1.165, 1.54) is 12.1 Å². The van der Waals surface area contributed by atoms with Crippen LogP contribution in [0, 0.1) is 17.0 Å². The number of phenols is 1. The highest BCUT2D eigenvalue weighted by Crippen LogP contribution is 2.47. The Bertz CT molecular complexity index is 1710. The predicted molar refractivity (Wildman–Crippen MR) is 166 cm³/mol. The molecule has 0 radical (unpaired) electrons. The molecule has 0 unspecified atom stereocenters. The van der Waals surface area contributed by atoms with E-state index in [2.05, 4.69) is 33.9 Å². The van der Waals surface area contributed by atoms with Crippen LogP contribution in [0.15, 0.2) is 42.5 Å². The molecule has 3 atom stereocenters. The SMILES string of the molecule is CC[C@@H]1CN(c2nc(OCC3(CN4CC[C@@H](F)C4)CC3)nc3c(F)c(-c4cc(O)cc5ccccc45)c(F)cc23)C[C@@H](C)N1. The molecule has 2 aliphatic heterocycles. The standard InChI is InChI=1S/C34H38F3N5O2/c1-3-23-17-42(15-20(2)38-23)32-27-14-28(36)29(26-13-24(43)12-21-6-4-5-7-25(21)26)30(37)31(27)39-33(40-32)44-19-34(9-10-34)18-41-11-8-22(35)16-41/h4-7,12-14,20,22-23,38,43H,3,8-11,15-19H2,1-2H3/t20-,22-,23-/m1/s1. The van der Waals surface area contributed by atoms with Gasteiger partial charge in [0.2, 0.25) is 0 Å². The Kier molecular flexibility index (Phi) is 7.53. The van der Waals surface area contributed by atoms with Gasteiger partial charge in [0, 0.05) is 55.6 Å². The van der Waals surface area contributed by atoms with E-state index < -0.39 is 17.8 Å². The summed E-state index contributed by atoms with van der Waals surface area (Å²) in [6.07, 6.45) is 2.59. The van der Waals surface area contributed by atoms with Gasteiger partial charge in [-0.3, -0.25) is 4.90 Å². The molecule has 1 aromatic heterocycles. The van der Waals surface area contributed by atoms with E-state index in [0.717, 1.165) is 32.4 Å². The van der Waals surface area contributed by atoms with Gasteiger partial charge in [-0.25, -0.2) is 13.2 Å². The molecule has 7 nitrogen and oxygen atoms in total. The van der Waals surface area contributed by atoms with Crippen LogP contribution in [-0.2, 0) is 0 Å². The third-order valence-electron chi connectivity index (χ3n) is 9.44. The summed E-state index contributed by atoms with van der Waals surface area (Å²) in [5.74, 6) is -1.23. The van der Waals surface area contributed by atoms with Crippen LogP contribution < -0.4 is 15.0 Å². The summed E-state index contributed by atoms with van der Waals surface area (Å²) in [6.45, 7) is 7.68. The van der Waals surface area contributed by atoms with Crippen molar-refractivity contribution >= 4 is 27.5 Å².